The van der Waals surface area contributed by atoms with E-state index in [1.807, 2.05) is 37.3 Å². The van der Waals surface area contributed by atoms with E-state index in [1.54, 1.807) is 24.3 Å². The van der Waals surface area contributed by atoms with Crippen LogP contribution in [0.5, 0.6) is 0 Å². The lowest BCUT2D eigenvalue weighted by Gasteiger charge is -2.05. The number of nitrogens with zero attached hydrogens (tertiary/aromatic N) is 1. The van der Waals surface area contributed by atoms with E-state index in [0.29, 0.717) is 21.6 Å². The van der Waals surface area contributed by atoms with Crippen molar-refractivity contribution < 1.29 is 9.21 Å². The van der Waals surface area contributed by atoms with Gasteiger partial charge in [0.25, 0.3) is 5.91 Å². The number of furan rings is 1. The maximum absolute atomic E-state index is 11.8. The number of hydrazone groups is 1. The summed E-state index contributed by atoms with van der Waals surface area (Å²) in [6, 6.07) is 16.6. The molecule has 138 valence electrons. The maximum atomic E-state index is 11.8. The minimum Gasteiger partial charge on any atom is -0.455 e. The van der Waals surface area contributed by atoms with E-state index in [-0.39, 0.29) is 12.5 Å². The molecular weight excluding hydrogens is 385 g/mol. The van der Waals surface area contributed by atoms with Crippen molar-refractivity contribution in [3.63, 3.8) is 0 Å². The lowest BCUT2D eigenvalue weighted by Crippen LogP contribution is -2.25. The number of carbonyl (C=O) groups is 1. The van der Waals surface area contributed by atoms with Crippen LogP contribution in [0.1, 0.15) is 11.3 Å². The van der Waals surface area contributed by atoms with Crippen LogP contribution in [-0.2, 0) is 4.79 Å². The van der Waals surface area contributed by atoms with Crippen LogP contribution in [0.25, 0.3) is 11.3 Å². The number of hydrogen-bond donors (Lipinski definition) is 2. The van der Waals surface area contributed by atoms with Gasteiger partial charge in [-0.3, -0.25) is 4.79 Å². The Hall–Kier alpha value is -2.76. The number of halogens is 2. The van der Waals surface area contributed by atoms with E-state index in [0.717, 1.165) is 16.8 Å². The predicted octanol–water partition coefficient (Wildman–Crippen LogP) is 5.12. The Morgan fingerprint density at radius 3 is 2.59 bits per heavy atom. The monoisotopic (exact) mass is 401 g/mol. The van der Waals surface area contributed by atoms with Gasteiger partial charge in [0.2, 0.25) is 0 Å². The number of benzene rings is 2. The van der Waals surface area contributed by atoms with Gasteiger partial charge in [0, 0.05) is 11.3 Å². The largest absolute Gasteiger partial charge is 0.455 e. The van der Waals surface area contributed by atoms with Crippen molar-refractivity contribution in [2.24, 2.45) is 5.10 Å². The molecule has 27 heavy (non-hydrogen) atoms. The Morgan fingerprint density at radius 1 is 1.07 bits per heavy atom. The van der Waals surface area contributed by atoms with Gasteiger partial charge >= 0.3 is 0 Å². The van der Waals surface area contributed by atoms with Crippen LogP contribution >= 0.6 is 23.2 Å². The minimum absolute atomic E-state index is 0.118. The van der Waals surface area contributed by atoms with E-state index >= 15 is 0 Å². The van der Waals surface area contributed by atoms with Crippen molar-refractivity contribution in [1.29, 1.82) is 0 Å². The molecule has 5 nitrogen and oxygen atoms in total. The van der Waals surface area contributed by atoms with Gasteiger partial charge in [-0.15, -0.1) is 0 Å². The summed E-state index contributed by atoms with van der Waals surface area (Å²) in [4.78, 5) is 11.8. The average molecular weight is 402 g/mol. The van der Waals surface area contributed by atoms with Gasteiger partial charge in [-0.25, -0.2) is 5.43 Å². The second-order valence-corrected chi connectivity index (χ2v) is 6.66. The van der Waals surface area contributed by atoms with Crippen LogP contribution in [0.3, 0.4) is 0 Å². The van der Waals surface area contributed by atoms with E-state index in [9.17, 15) is 4.79 Å². The van der Waals surface area contributed by atoms with Crippen molar-refractivity contribution >= 4 is 41.0 Å². The molecule has 2 N–H and O–H groups in total. The number of carbonyl (C=O) groups excluding carboxylic acids is 1. The molecule has 0 radical (unpaired) electrons. The van der Waals surface area contributed by atoms with E-state index in [1.165, 1.54) is 6.21 Å². The van der Waals surface area contributed by atoms with Crippen molar-refractivity contribution in [2.45, 2.75) is 6.92 Å². The zero-order valence-electron chi connectivity index (χ0n) is 14.5. The molecule has 0 saturated carbocycles. The Balaban J connectivity index is 1.52. The van der Waals surface area contributed by atoms with Crippen LogP contribution in [0.2, 0.25) is 10.0 Å². The molecule has 3 rings (SSSR count). The Labute approximate surface area is 167 Å². The van der Waals surface area contributed by atoms with Gasteiger partial charge in [-0.2, -0.15) is 5.10 Å². The molecule has 1 heterocycles. The third kappa shape index (κ3) is 5.36. The third-order valence-electron chi connectivity index (χ3n) is 3.72. The molecule has 0 aliphatic rings. The minimum atomic E-state index is -0.261. The number of anilines is 1. The Kier molecular flexibility index (Phi) is 6.16. The van der Waals surface area contributed by atoms with Crippen LogP contribution in [0, 0.1) is 6.92 Å². The first-order valence-corrected chi connectivity index (χ1v) is 8.94. The molecule has 0 aliphatic heterocycles. The van der Waals surface area contributed by atoms with E-state index < -0.39 is 0 Å². The molecule has 0 spiro atoms. The molecule has 3 aromatic rings. The van der Waals surface area contributed by atoms with Gasteiger partial charge < -0.3 is 9.73 Å². The summed E-state index contributed by atoms with van der Waals surface area (Å²) in [5.74, 6) is 0.869. The maximum Gasteiger partial charge on any atom is 0.259 e. The predicted molar refractivity (Wildman–Crippen MR) is 110 cm³/mol. The molecule has 0 atom stereocenters. The lowest BCUT2D eigenvalue weighted by atomic mass is 10.2. The highest BCUT2D eigenvalue weighted by atomic mass is 35.5. The second kappa shape index (κ2) is 8.75. The van der Waals surface area contributed by atoms with Crippen molar-refractivity contribution in [3.8, 4) is 11.3 Å². The summed E-state index contributed by atoms with van der Waals surface area (Å²) in [5.41, 5.74) is 5.28. The lowest BCUT2D eigenvalue weighted by molar-refractivity contribution is -0.119. The standard InChI is InChI=1S/C20H17Cl2N3O2/c1-13-2-5-15(6-3-13)23-12-20(26)25-24-11-16-7-9-19(27-16)14-4-8-17(21)18(22)10-14/h2-11,23H,12H2,1H3,(H,25,26). The van der Waals surface area contributed by atoms with Crippen molar-refractivity contribution in [1.82, 2.24) is 5.43 Å². The Morgan fingerprint density at radius 2 is 1.85 bits per heavy atom. The fraction of sp³-hybridized carbons (Fsp3) is 0.100. The van der Waals surface area contributed by atoms with E-state index in [2.05, 4.69) is 15.8 Å². The molecule has 0 saturated heterocycles. The quantitative estimate of drug-likeness (QED) is 0.444. The Bertz CT molecular complexity index is 966. The molecule has 7 heteroatoms. The second-order valence-electron chi connectivity index (χ2n) is 5.84. The van der Waals surface area contributed by atoms with Crippen LogP contribution in [0.15, 0.2) is 64.1 Å². The smallest absolute Gasteiger partial charge is 0.259 e. The highest BCUT2D eigenvalue weighted by molar-refractivity contribution is 6.42. The van der Waals surface area contributed by atoms with Crippen molar-refractivity contribution in [2.75, 3.05) is 11.9 Å². The number of hydrogen-bond acceptors (Lipinski definition) is 4. The summed E-state index contributed by atoms with van der Waals surface area (Å²) < 4.78 is 5.67. The third-order valence-corrected chi connectivity index (χ3v) is 4.46. The topological polar surface area (TPSA) is 66.6 Å². The van der Waals surface area contributed by atoms with Gasteiger partial charge in [0.05, 0.1) is 22.8 Å². The molecule has 0 unspecified atom stereocenters. The molecule has 1 aromatic heterocycles. The first-order chi connectivity index (χ1) is 13.0. The highest BCUT2D eigenvalue weighted by Gasteiger charge is 2.06. The summed E-state index contributed by atoms with van der Waals surface area (Å²) in [6.07, 6.45) is 1.44. The normalized spacial score (nSPS) is 10.9. The molecular formula is C20H17Cl2N3O2. The van der Waals surface area contributed by atoms with Gasteiger partial charge in [0.15, 0.2) is 0 Å². The SMILES string of the molecule is Cc1ccc(NCC(=O)NN=Cc2ccc(-c3ccc(Cl)c(Cl)c3)o2)cc1. The van der Waals surface area contributed by atoms with Gasteiger partial charge in [0.1, 0.15) is 11.5 Å². The van der Waals surface area contributed by atoms with Crippen LogP contribution in [-0.4, -0.2) is 18.7 Å². The number of rotatable bonds is 6. The molecule has 0 bridgehead atoms. The zero-order chi connectivity index (χ0) is 19.2. The first kappa shape index (κ1) is 19.0. The molecule has 1 amide bonds. The molecule has 2 aromatic carbocycles. The summed E-state index contributed by atoms with van der Waals surface area (Å²) in [6.45, 7) is 2.12. The van der Waals surface area contributed by atoms with Crippen LogP contribution in [0.4, 0.5) is 5.69 Å². The number of amides is 1. The average Bonchev–Trinajstić information content (AvgIpc) is 3.12. The highest BCUT2D eigenvalue weighted by Crippen LogP contribution is 2.29. The van der Waals surface area contributed by atoms with Crippen molar-refractivity contribution in [3.05, 3.63) is 76.0 Å². The van der Waals surface area contributed by atoms with Crippen LogP contribution < -0.4 is 10.7 Å². The van der Waals surface area contributed by atoms with Gasteiger partial charge in [-0.05, 0) is 49.4 Å². The number of nitrogens with one attached hydrogen (secondary N) is 2. The molecule has 0 fully saturated rings. The summed E-state index contributed by atoms with van der Waals surface area (Å²) >= 11 is 11.9. The summed E-state index contributed by atoms with van der Waals surface area (Å²) in [7, 11) is 0. The fourth-order valence-corrected chi connectivity index (χ4v) is 2.59. The summed E-state index contributed by atoms with van der Waals surface area (Å²) in [5, 5.41) is 7.86. The van der Waals surface area contributed by atoms with Gasteiger partial charge in [-0.1, -0.05) is 40.9 Å². The zero-order valence-corrected chi connectivity index (χ0v) is 16.0. The number of aryl methyl sites for hydroxylation is 1. The fourth-order valence-electron chi connectivity index (χ4n) is 2.29. The van der Waals surface area contributed by atoms with E-state index in [4.69, 9.17) is 27.6 Å². The molecule has 0 aliphatic carbocycles. The first-order valence-electron chi connectivity index (χ1n) is 8.19.